The number of rotatable bonds is 5. The molecule has 98 valence electrons. The summed E-state index contributed by atoms with van der Waals surface area (Å²) in [5, 5.41) is 2.95. The summed E-state index contributed by atoms with van der Waals surface area (Å²) in [6.07, 6.45) is 3.13. The van der Waals surface area contributed by atoms with Crippen LogP contribution in [0, 0.1) is 0 Å². The number of nitrogens with one attached hydrogen (secondary N) is 1. The molecule has 4 heteroatoms. The number of hydrogen-bond acceptors (Lipinski definition) is 3. The number of likely N-dealkylation sites (N-methyl/N-ethyl adjacent to an activating group) is 1. The number of nitrogens with zero attached hydrogens (tertiary/aromatic N) is 2. The number of aromatic nitrogens is 1. The van der Waals surface area contributed by atoms with Crippen molar-refractivity contribution in [1.82, 2.24) is 14.9 Å². The number of aromatic amines is 1. The fourth-order valence-corrected chi connectivity index (χ4v) is 1.98. The van der Waals surface area contributed by atoms with E-state index < -0.39 is 0 Å². The maximum absolute atomic E-state index is 5.58. The third-order valence-corrected chi connectivity index (χ3v) is 2.86. The number of H-pyrrole nitrogens is 1. The van der Waals surface area contributed by atoms with E-state index in [0.717, 1.165) is 24.2 Å². The largest absolute Gasteiger partial charge is 0.407 e. The van der Waals surface area contributed by atoms with E-state index in [1.165, 1.54) is 10.9 Å². The lowest BCUT2D eigenvalue weighted by atomic mass is 10.1. The van der Waals surface area contributed by atoms with Crippen LogP contribution in [0.3, 0.4) is 0 Å². The monoisotopic (exact) mass is 247 g/mol. The summed E-state index contributed by atoms with van der Waals surface area (Å²) in [5.74, 6) is 0.873. The van der Waals surface area contributed by atoms with Crippen LogP contribution in [0.5, 0.6) is 5.75 Å². The predicted octanol–water partition coefficient (Wildman–Crippen LogP) is 2.13. The zero-order valence-electron chi connectivity index (χ0n) is 11.5. The summed E-state index contributed by atoms with van der Waals surface area (Å²) in [6.45, 7) is 1.05. The molecule has 0 unspecified atom stereocenters. The lowest BCUT2D eigenvalue weighted by Crippen LogP contribution is -2.16. The van der Waals surface area contributed by atoms with Gasteiger partial charge in [-0.1, -0.05) is 0 Å². The van der Waals surface area contributed by atoms with E-state index in [1.54, 1.807) is 5.06 Å². The van der Waals surface area contributed by atoms with E-state index >= 15 is 0 Å². The topological polar surface area (TPSA) is 31.5 Å². The fraction of sp³-hybridized carbons (Fsp3) is 0.429. The Morgan fingerprint density at radius 2 is 1.94 bits per heavy atom. The highest BCUT2D eigenvalue weighted by molar-refractivity contribution is 5.84. The van der Waals surface area contributed by atoms with Crippen LogP contribution in [0.25, 0.3) is 10.9 Å². The lowest BCUT2D eigenvalue weighted by Gasteiger charge is -2.12. The molecular weight excluding hydrogens is 226 g/mol. The lowest BCUT2D eigenvalue weighted by molar-refractivity contribution is -0.00310. The van der Waals surface area contributed by atoms with Crippen LogP contribution in [0.2, 0.25) is 0 Å². The van der Waals surface area contributed by atoms with E-state index in [4.69, 9.17) is 4.84 Å². The summed E-state index contributed by atoms with van der Waals surface area (Å²) in [7, 11) is 7.95. The first kappa shape index (κ1) is 12.9. The van der Waals surface area contributed by atoms with E-state index in [2.05, 4.69) is 42.3 Å². The first-order valence-corrected chi connectivity index (χ1v) is 6.16. The molecule has 0 radical (unpaired) electrons. The molecule has 0 atom stereocenters. The van der Waals surface area contributed by atoms with Gasteiger partial charge in [-0.05, 0) is 44.3 Å². The number of hydrogen-bond donors (Lipinski definition) is 1. The molecule has 2 rings (SSSR count). The minimum atomic E-state index is 0.873. The quantitative estimate of drug-likeness (QED) is 0.821. The summed E-state index contributed by atoms with van der Waals surface area (Å²) < 4.78 is 0. The van der Waals surface area contributed by atoms with Gasteiger partial charge in [0.15, 0.2) is 0 Å². The van der Waals surface area contributed by atoms with Gasteiger partial charge in [-0.3, -0.25) is 0 Å². The third-order valence-electron chi connectivity index (χ3n) is 2.86. The highest BCUT2D eigenvalue weighted by Crippen LogP contribution is 2.24. The van der Waals surface area contributed by atoms with Crippen molar-refractivity contribution in [3.8, 4) is 5.75 Å². The van der Waals surface area contributed by atoms with Gasteiger partial charge in [-0.2, -0.15) is 5.06 Å². The Kier molecular flexibility index (Phi) is 3.89. The van der Waals surface area contributed by atoms with Gasteiger partial charge in [0.1, 0.15) is 5.75 Å². The van der Waals surface area contributed by atoms with Crippen molar-refractivity contribution in [2.45, 2.75) is 6.42 Å². The average molecular weight is 247 g/mol. The second-order valence-electron chi connectivity index (χ2n) is 4.98. The Morgan fingerprint density at radius 1 is 1.17 bits per heavy atom. The van der Waals surface area contributed by atoms with Gasteiger partial charge < -0.3 is 14.7 Å². The van der Waals surface area contributed by atoms with E-state index in [0.29, 0.717) is 0 Å². The van der Waals surface area contributed by atoms with Gasteiger partial charge in [0, 0.05) is 37.7 Å². The molecule has 0 aliphatic carbocycles. The van der Waals surface area contributed by atoms with Crippen molar-refractivity contribution >= 4 is 10.9 Å². The van der Waals surface area contributed by atoms with Crippen LogP contribution in [0.4, 0.5) is 0 Å². The number of fused-ring (bicyclic) bond motifs is 1. The van der Waals surface area contributed by atoms with E-state index in [1.807, 2.05) is 20.2 Å². The fourth-order valence-electron chi connectivity index (χ4n) is 1.98. The maximum atomic E-state index is 5.58. The Bertz CT molecular complexity index is 517. The van der Waals surface area contributed by atoms with Crippen molar-refractivity contribution in [2.75, 3.05) is 34.7 Å². The second-order valence-corrected chi connectivity index (χ2v) is 4.98. The molecule has 0 aliphatic rings. The maximum Gasteiger partial charge on any atom is 0.148 e. The van der Waals surface area contributed by atoms with Crippen molar-refractivity contribution in [1.29, 1.82) is 0 Å². The van der Waals surface area contributed by atoms with Crippen molar-refractivity contribution in [2.24, 2.45) is 0 Å². The second kappa shape index (κ2) is 5.42. The first-order chi connectivity index (χ1) is 8.56. The molecule has 1 aromatic heterocycles. The molecule has 0 aliphatic heterocycles. The molecule has 1 aromatic carbocycles. The van der Waals surface area contributed by atoms with Gasteiger partial charge >= 0.3 is 0 Å². The molecule has 18 heavy (non-hydrogen) atoms. The summed E-state index contributed by atoms with van der Waals surface area (Å²) in [6, 6.07) is 6.14. The Hall–Kier alpha value is -1.52. The predicted molar refractivity (Wildman–Crippen MR) is 74.9 cm³/mol. The SMILES string of the molecule is CN(C)CCc1c[nH]c2ccc(ON(C)C)cc12. The zero-order valence-corrected chi connectivity index (χ0v) is 11.5. The van der Waals surface area contributed by atoms with Crippen LogP contribution in [-0.2, 0) is 6.42 Å². The molecule has 1 heterocycles. The molecule has 0 spiro atoms. The van der Waals surface area contributed by atoms with Crippen LogP contribution in [0.1, 0.15) is 5.56 Å². The van der Waals surface area contributed by atoms with Crippen molar-refractivity contribution in [3.63, 3.8) is 0 Å². The summed E-state index contributed by atoms with van der Waals surface area (Å²) >= 11 is 0. The van der Waals surface area contributed by atoms with Crippen molar-refractivity contribution < 1.29 is 4.84 Å². The molecule has 4 nitrogen and oxygen atoms in total. The Balaban J connectivity index is 2.25. The zero-order chi connectivity index (χ0) is 13.1. The molecule has 1 N–H and O–H groups in total. The minimum Gasteiger partial charge on any atom is -0.407 e. The normalized spacial score (nSPS) is 11.7. The van der Waals surface area contributed by atoms with Gasteiger partial charge in [0.25, 0.3) is 0 Å². The van der Waals surface area contributed by atoms with Crippen LogP contribution >= 0.6 is 0 Å². The molecule has 0 bridgehead atoms. The molecule has 0 fully saturated rings. The first-order valence-electron chi connectivity index (χ1n) is 6.16. The van der Waals surface area contributed by atoms with Crippen LogP contribution in [-0.4, -0.2) is 49.7 Å². The summed E-state index contributed by atoms with van der Waals surface area (Å²) in [5.41, 5.74) is 2.50. The van der Waals surface area contributed by atoms with Crippen molar-refractivity contribution in [3.05, 3.63) is 30.0 Å². The highest BCUT2D eigenvalue weighted by Gasteiger charge is 2.06. The minimum absolute atomic E-state index is 0.873. The van der Waals surface area contributed by atoms with Gasteiger partial charge in [0.05, 0.1) is 0 Å². The smallest absolute Gasteiger partial charge is 0.148 e. The van der Waals surface area contributed by atoms with Gasteiger partial charge in [0.2, 0.25) is 0 Å². The number of benzene rings is 1. The molecule has 0 saturated heterocycles. The Labute approximate surface area is 108 Å². The number of hydroxylamine groups is 2. The molecule has 0 amide bonds. The molecule has 0 saturated carbocycles. The summed E-state index contributed by atoms with van der Waals surface area (Å²) in [4.78, 5) is 11.1. The third kappa shape index (κ3) is 3.03. The highest BCUT2D eigenvalue weighted by atomic mass is 16.7. The average Bonchev–Trinajstić information content (AvgIpc) is 2.68. The standard InChI is InChI=1S/C14H21N3O/c1-16(2)8-7-11-10-15-14-6-5-12(9-13(11)14)18-17(3)4/h5-6,9-10,15H,7-8H2,1-4H3. The Morgan fingerprint density at radius 3 is 2.61 bits per heavy atom. The molecule has 2 aromatic rings. The van der Waals surface area contributed by atoms with Gasteiger partial charge in [-0.25, -0.2) is 0 Å². The van der Waals surface area contributed by atoms with Gasteiger partial charge in [-0.15, -0.1) is 0 Å². The van der Waals surface area contributed by atoms with E-state index in [9.17, 15) is 0 Å². The van der Waals surface area contributed by atoms with Crippen LogP contribution < -0.4 is 4.84 Å². The van der Waals surface area contributed by atoms with E-state index in [-0.39, 0.29) is 0 Å². The molecular formula is C14H21N3O. The van der Waals surface area contributed by atoms with Crippen LogP contribution in [0.15, 0.2) is 24.4 Å².